The molecule has 3 rings (SSSR count). The maximum atomic E-state index is 11.8. The Morgan fingerprint density at radius 2 is 2.38 bits per heavy atom. The number of nitrogens with zero attached hydrogens (tertiary/aromatic N) is 3. The molecular weight excluding hydrogens is 465 g/mol. The van der Waals surface area contributed by atoms with Gasteiger partial charge in [0.05, 0.1) is 17.1 Å². The summed E-state index contributed by atoms with van der Waals surface area (Å²) in [5.41, 5.74) is 0.820. The second-order valence-electron chi connectivity index (χ2n) is 5.87. The lowest BCUT2D eigenvalue weighted by Crippen LogP contribution is -2.44. The molecule has 0 saturated carbocycles. The molecule has 142 valence electrons. The van der Waals surface area contributed by atoms with Crippen LogP contribution >= 0.6 is 35.3 Å². The molecular formula is C17H24IN5O2S. The third-order valence-electron chi connectivity index (χ3n) is 4.13. The number of likely N-dealkylation sites (tertiary alicyclic amines) is 1. The maximum Gasteiger partial charge on any atom is 0.236 e. The first kappa shape index (κ1) is 20.7. The Hall–Kier alpha value is -1.62. The number of hydrogen-bond acceptors (Lipinski definition) is 5. The van der Waals surface area contributed by atoms with Crippen molar-refractivity contribution in [2.45, 2.75) is 32.4 Å². The van der Waals surface area contributed by atoms with E-state index in [-0.39, 0.29) is 35.9 Å². The average molecular weight is 489 g/mol. The monoisotopic (exact) mass is 489 g/mol. The first-order valence-corrected chi connectivity index (χ1v) is 9.30. The highest BCUT2D eigenvalue weighted by atomic mass is 127. The summed E-state index contributed by atoms with van der Waals surface area (Å²) in [7, 11) is 1.74. The number of halogens is 1. The molecule has 1 fully saturated rings. The Balaban J connectivity index is 0.00000243. The van der Waals surface area contributed by atoms with Gasteiger partial charge in [-0.15, -0.1) is 35.3 Å². The predicted molar refractivity (Wildman–Crippen MR) is 114 cm³/mol. The highest BCUT2D eigenvalue weighted by molar-refractivity contribution is 14.0. The molecule has 1 aliphatic heterocycles. The minimum atomic E-state index is 0. The number of guanidine groups is 1. The fourth-order valence-electron chi connectivity index (χ4n) is 2.79. The molecule has 9 heteroatoms. The number of amides is 1. The molecule has 26 heavy (non-hydrogen) atoms. The molecule has 0 aliphatic carbocycles. The Morgan fingerprint density at radius 3 is 3.08 bits per heavy atom. The van der Waals surface area contributed by atoms with Crippen molar-refractivity contribution in [1.82, 2.24) is 20.5 Å². The van der Waals surface area contributed by atoms with Crippen molar-refractivity contribution in [3.8, 4) is 10.8 Å². The summed E-state index contributed by atoms with van der Waals surface area (Å²) in [6, 6.07) is 4.18. The largest absolute Gasteiger partial charge is 0.443 e. The lowest BCUT2D eigenvalue weighted by Gasteiger charge is -2.18. The van der Waals surface area contributed by atoms with Gasteiger partial charge in [0.15, 0.2) is 5.96 Å². The molecule has 0 spiro atoms. The maximum absolute atomic E-state index is 11.8. The summed E-state index contributed by atoms with van der Waals surface area (Å²) < 4.78 is 5.52. The second kappa shape index (κ2) is 9.91. The summed E-state index contributed by atoms with van der Waals surface area (Å²) in [4.78, 5) is 23.4. The average Bonchev–Trinajstić information content (AvgIpc) is 3.38. The molecule has 1 aliphatic rings. The fraction of sp³-hybridized carbons (Fsp3) is 0.471. The summed E-state index contributed by atoms with van der Waals surface area (Å²) in [5.74, 6) is 1.55. The van der Waals surface area contributed by atoms with E-state index in [4.69, 9.17) is 4.42 Å². The minimum Gasteiger partial charge on any atom is -0.443 e. The van der Waals surface area contributed by atoms with Crippen LogP contribution in [-0.2, 0) is 11.3 Å². The van der Waals surface area contributed by atoms with E-state index >= 15 is 0 Å². The standard InChI is InChI=1S/C17H23N5O2S.HI/c1-3-15(23)22-7-6-12(10-22)21-17(18-2)19-9-13-11-24-16(20-13)14-5-4-8-25-14;/h4-5,8,11-12H,3,6-7,9-10H2,1-2H3,(H2,18,19,21);1H. The molecule has 2 N–H and O–H groups in total. The molecule has 7 nitrogen and oxygen atoms in total. The number of carbonyl (C=O) groups excluding carboxylic acids is 1. The van der Waals surface area contributed by atoms with Crippen LogP contribution in [0.5, 0.6) is 0 Å². The van der Waals surface area contributed by atoms with Gasteiger partial charge in [0.2, 0.25) is 11.8 Å². The summed E-state index contributed by atoms with van der Waals surface area (Å²) in [6.45, 7) is 3.94. The van der Waals surface area contributed by atoms with Gasteiger partial charge in [-0.3, -0.25) is 9.79 Å². The molecule has 1 unspecified atom stereocenters. The van der Waals surface area contributed by atoms with Crippen LogP contribution in [-0.4, -0.2) is 47.9 Å². The zero-order chi connectivity index (χ0) is 17.6. The molecule has 1 amide bonds. The van der Waals surface area contributed by atoms with Crippen molar-refractivity contribution >= 4 is 47.2 Å². The Labute approximate surface area is 174 Å². The number of rotatable bonds is 5. The van der Waals surface area contributed by atoms with Gasteiger partial charge in [0, 0.05) is 32.6 Å². The van der Waals surface area contributed by atoms with Crippen LogP contribution in [0, 0.1) is 0 Å². The quantitative estimate of drug-likeness (QED) is 0.384. The first-order chi connectivity index (χ1) is 12.2. The number of hydrogen-bond donors (Lipinski definition) is 2. The van der Waals surface area contributed by atoms with Crippen LogP contribution in [0.4, 0.5) is 0 Å². The van der Waals surface area contributed by atoms with Gasteiger partial charge < -0.3 is 20.0 Å². The highest BCUT2D eigenvalue weighted by Gasteiger charge is 2.25. The highest BCUT2D eigenvalue weighted by Crippen LogP contribution is 2.23. The van der Waals surface area contributed by atoms with E-state index in [1.54, 1.807) is 24.6 Å². The van der Waals surface area contributed by atoms with E-state index in [1.807, 2.05) is 29.3 Å². The third kappa shape index (κ3) is 5.19. The molecule has 0 radical (unpaired) electrons. The normalized spacial score (nSPS) is 17.1. The molecule has 0 bridgehead atoms. The lowest BCUT2D eigenvalue weighted by molar-refractivity contribution is -0.129. The van der Waals surface area contributed by atoms with Crippen LogP contribution in [0.15, 0.2) is 33.2 Å². The number of aromatic nitrogens is 1. The topological polar surface area (TPSA) is 82.8 Å². The van der Waals surface area contributed by atoms with E-state index in [1.165, 1.54) is 0 Å². The SMILES string of the molecule is CCC(=O)N1CCC(NC(=NC)NCc2coc(-c3cccs3)n2)C1.I. The van der Waals surface area contributed by atoms with Gasteiger partial charge in [0.1, 0.15) is 6.26 Å². The van der Waals surface area contributed by atoms with E-state index in [0.29, 0.717) is 24.8 Å². The summed E-state index contributed by atoms with van der Waals surface area (Å²) >= 11 is 1.60. The second-order valence-corrected chi connectivity index (χ2v) is 6.82. The molecule has 2 aromatic rings. The lowest BCUT2D eigenvalue weighted by atomic mass is 10.3. The first-order valence-electron chi connectivity index (χ1n) is 8.42. The number of nitrogens with one attached hydrogen (secondary N) is 2. The predicted octanol–water partition coefficient (Wildman–Crippen LogP) is 2.70. The van der Waals surface area contributed by atoms with E-state index in [9.17, 15) is 4.79 Å². The zero-order valence-electron chi connectivity index (χ0n) is 14.9. The Morgan fingerprint density at radius 1 is 1.54 bits per heavy atom. The van der Waals surface area contributed by atoms with Crippen molar-refractivity contribution in [2.24, 2.45) is 4.99 Å². The molecule has 3 heterocycles. The van der Waals surface area contributed by atoms with Crippen molar-refractivity contribution in [1.29, 1.82) is 0 Å². The van der Waals surface area contributed by atoms with Gasteiger partial charge >= 0.3 is 0 Å². The van der Waals surface area contributed by atoms with Gasteiger partial charge in [-0.1, -0.05) is 13.0 Å². The number of aliphatic imine (C=N–C) groups is 1. The van der Waals surface area contributed by atoms with Gasteiger partial charge in [-0.2, -0.15) is 0 Å². The van der Waals surface area contributed by atoms with Crippen LogP contribution in [0.3, 0.4) is 0 Å². The molecule has 0 aromatic carbocycles. The van der Waals surface area contributed by atoms with E-state index in [2.05, 4.69) is 20.6 Å². The smallest absolute Gasteiger partial charge is 0.236 e. The van der Waals surface area contributed by atoms with Gasteiger partial charge in [-0.25, -0.2) is 4.98 Å². The molecule has 2 aromatic heterocycles. The molecule has 1 saturated heterocycles. The van der Waals surface area contributed by atoms with Crippen molar-refractivity contribution in [3.63, 3.8) is 0 Å². The van der Waals surface area contributed by atoms with Gasteiger partial charge in [0.25, 0.3) is 0 Å². The number of carbonyl (C=O) groups is 1. The van der Waals surface area contributed by atoms with Crippen LogP contribution in [0.25, 0.3) is 10.8 Å². The van der Waals surface area contributed by atoms with Crippen molar-refractivity contribution < 1.29 is 9.21 Å². The fourth-order valence-corrected chi connectivity index (χ4v) is 3.45. The van der Waals surface area contributed by atoms with Crippen molar-refractivity contribution in [3.05, 3.63) is 29.5 Å². The zero-order valence-corrected chi connectivity index (χ0v) is 18.0. The summed E-state index contributed by atoms with van der Waals surface area (Å²) in [6.07, 6.45) is 3.14. The van der Waals surface area contributed by atoms with Gasteiger partial charge in [-0.05, 0) is 17.9 Å². The van der Waals surface area contributed by atoms with Crippen LogP contribution < -0.4 is 10.6 Å². The third-order valence-corrected chi connectivity index (χ3v) is 4.99. The van der Waals surface area contributed by atoms with E-state index in [0.717, 1.165) is 30.1 Å². The number of thiophene rings is 1. The molecule has 1 atom stereocenters. The van der Waals surface area contributed by atoms with Crippen LogP contribution in [0.1, 0.15) is 25.5 Å². The van der Waals surface area contributed by atoms with Crippen molar-refractivity contribution in [2.75, 3.05) is 20.1 Å². The Bertz CT molecular complexity index is 731. The number of oxazole rings is 1. The Kier molecular flexibility index (Phi) is 7.88. The summed E-state index contributed by atoms with van der Waals surface area (Å²) in [5, 5.41) is 8.61. The van der Waals surface area contributed by atoms with E-state index < -0.39 is 0 Å². The minimum absolute atomic E-state index is 0. The van der Waals surface area contributed by atoms with Crippen LogP contribution in [0.2, 0.25) is 0 Å².